The number of aromatic nitrogens is 2. The van der Waals surface area contributed by atoms with E-state index >= 15 is 0 Å². The quantitative estimate of drug-likeness (QED) is 0.835. The van der Waals surface area contributed by atoms with Crippen LogP contribution >= 0.6 is 0 Å². The van der Waals surface area contributed by atoms with Gasteiger partial charge in [0.25, 0.3) is 0 Å². The molecule has 0 amide bonds. The first-order valence-electron chi connectivity index (χ1n) is 5.95. The topological polar surface area (TPSA) is 39.1 Å². The predicted molar refractivity (Wildman–Crippen MR) is 64.7 cm³/mol. The molecule has 0 aliphatic carbocycles. The van der Waals surface area contributed by atoms with Gasteiger partial charge in [0.1, 0.15) is 0 Å². The molecule has 2 heterocycles. The Morgan fingerprint density at radius 3 is 2.88 bits per heavy atom. The van der Waals surface area contributed by atoms with Crippen molar-refractivity contribution in [3.05, 3.63) is 12.4 Å². The molecule has 1 N–H and O–H groups in total. The van der Waals surface area contributed by atoms with E-state index in [1.165, 1.54) is 6.42 Å². The molecule has 0 spiro atoms. The highest BCUT2D eigenvalue weighted by atomic mass is 16.5. The van der Waals surface area contributed by atoms with E-state index in [9.17, 15) is 0 Å². The second-order valence-electron chi connectivity index (χ2n) is 5.40. The van der Waals surface area contributed by atoms with Crippen LogP contribution in [0.25, 0.3) is 0 Å². The van der Waals surface area contributed by atoms with E-state index in [4.69, 9.17) is 4.74 Å². The predicted octanol–water partition coefficient (Wildman–Crippen LogP) is 2.23. The van der Waals surface area contributed by atoms with Gasteiger partial charge >= 0.3 is 0 Å². The highest BCUT2D eigenvalue weighted by Gasteiger charge is 2.17. The maximum atomic E-state index is 5.44. The van der Waals surface area contributed by atoms with Crippen LogP contribution in [0.1, 0.15) is 33.6 Å². The van der Waals surface area contributed by atoms with Crippen LogP contribution in [0, 0.1) is 0 Å². The monoisotopic (exact) mass is 223 g/mol. The molecule has 1 aromatic heterocycles. The standard InChI is InChI=1S/C12H21N3O/c1-12(2,3)15-8-11(7-13-15)14-10-5-4-6-16-9-10/h7-8,10,14H,4-6,9H2,1-3H3. The lowest BCUT2D eigenvalue weighted by atomic mass is 10.1. The fourth-order valence-electron chi connectivity index (χ4n) is 1.85. The molecule has 2 rings (SSSR count). The van der Waals surface area contributed by atoms with Crippen molar-refractivity contribution in [1.29, 1.82) is 0 Å². The molecule has 1 atom stereocenters. The average molecular weight is 223 g/mol. The summed E-state index contributed by atoms with van der Waals surface area (Å²) in [7, 11) is 0. The average Bonchev–Trinajstić information content (AvgIpc) is 2.67. The molecule has 1 fully saturated rings. The second-order valence-corrected chi connectivity index (χ2v) is 5.40. The van der Waals surface area contributed by atoms with Gasteiger partial charge in [-0.05, 0) is 33.6 Å². The molecule has 16 heavy (non-hydrogen) atoms. The maximum Gasteiger partial charge on any atom is 0.0729 e. The van der Waals surface area contributed by atoms with Crippen molar-refractivity contribution in [3.8, 4) is 0 Å². The smallest absolute Gasteiger partial charge is 0.0729 e. The van der Waals surface area contributed by atoms with E-state index in [0.29, 0.717) is 6.04 Å². The Balaban J connectivity index is 1.97. The van der Waals surface area contributed by atoms with Gasteiger partial charge in [0, 0.05) is 18.8 Å². The van der Waals surface area contributed by atoms with E-state index in [-0.39, 0.29) is 5.54 Å². The first kappa shape index (κ1) is 11.5. The highest BCUT2D eigenvalue weighted by Crippen LogP contribution is 2.18. The van der Waals surface area contributed by atoms with Crippen LogP contribution in [0.3, 0.4) is 0 Å². The largest absolute Gasteiger partial charge is 0.379 e. The fraction of sp³-hybridized carbons (Fsp3) is 0.750. The van der Waals surface area contributed by atoms with Gasteiger partial charge in [0.05, 0.1) is 24.0 Å². The first-order valence-corrected chi connectivity index (χ1v) is 5.95. The normalized spacial score (nSPS) is 22.1. The van der Waals surface area contributed by atoms with Crippen molar-refractivity contribution in [1.82, 2.24) is 9.78 Å². The molecule has 1 aliphatic heterocycles. The van der Waals surface area contributed by atoms with E-state index in [2.05, 4.69) is 37.4 Å². The van der Waals surface area contributed by atoms with Crippen LogP contribution in [0.5, 0.6) is 0 Å². The Kier molecular flexibility index (Phi) is 3.19. The zero-order chi connectivity index (χ0) is 11.6. The summed E-state index contributed by atoms with van der Waals surface area (Å²) in [6, 6.07) is 0.436. The molecule has 0 bridgehead atoms. The van der Waals surface area contributed by atoms with Crippen LogP contribution in [0.15, 0.2) is 12.4 Å². The summed E-state index contributed by atoms with van der Waals surface area (Å²) in [6.45, 7) is 8.15. The number of nitrogens with zero attached hydrogens (tertiary/aromatic N) is 2. The molecule has 1 aliphatic rings. The minimum atomic E-state index is 0.0446. The summed E-state index contributed by atoms with van der Waals surface area (Å²) < 4.78 is 7.42. The van der Waals surface area contributed by atoms with E-state index in [1.54, 1.807) is 0 Å². The molecule has 1 unspecified atom stereocenters. The number of rotatable bonds is 2. The van der Waals surface area contributed by atoms with Crippen LogP contribution in [0.2, 0.25) is 0 Å². The minimum Gasteiger partial charge on any atom is -0.379 e. The SMILES string of the molecule is CC(C)(C)n1cc(NC2CCCOC2)cn1. The van der Waals surface area contributed by atoms with Crippen molar-refractivity contribution < 1.29 is 4.74 Å². The lowest BCUT2D eigenvalue weighted by Crippen LogP contribution is -2.29. The Morgan fingerprint density at radius 2 is 2.31 bits per heavy atom. The van der Waals surface area contributed by atoms with Gasteiger partial charge in [-0.3, -0.25) is 4.68 Å². The molecule has 0 aromatic carbocycles. The molecule has 1 saturated heterocycles. The third kappa shape index (κ3) is 2.76. The second kappa shape index (κ2) is 4.45. The molecule has 4 nitrogen and oxygen atoms in total. The Morgan fingerprint density at radius 1 is 1.50 bits per heavy atom. The van der Waals surface area contributed by atoms with Gasteiger partial charge in [-0.1, -0.05) is 0 Å². The van der Waals surface area contributed by atoms with E-state index < -0.39 is 0 Å². The number of ether oxygens (including phenoxy) is 1. The number of hydrogen-bond acceptors (Lipinski definition) is 3. The summed E-state index contributed by atoms with van der Waals surface area (Å²) >= 11 is 0. The van der Waals surface area contributed by atoms with Crippen LogP contribution < -0.4 is 5.32 Å². The lowest BCUT2D eigenvalue weighted by molar-refractivity contribution is 0.0876. The van der Waals surface area contributed by atoms with Crippen molar-refractivity contribution in [2.24, 2.45) is 0 Å². The molecule has 1 aromatic rings. The van der Waals surface area contributed by atoms with Crippen molar-refractivity contribution >= 4 is 5.69 Å². The number of nitrogens with one attached hydrogen (secondary N) is 1. The van der Waals surface area contributed by atoms with Gasteiger partial charge in [0.15, 0.2) is 0 Å². The van der Waals surface area contributed by atoms with Gasteiger partial charge in [-0.2, -0.15) is 5.10 Å². The zero-order valence-electron chi connectivity index (χ0n) is 10.4. The Bertz CT molecular complexity index is 334. The summed E-state index contributed by atoms with van der Waals surface area (Å²) in [6.07, 6.45) is 6.28. The number of anilines is 1. The molecular weight excluding hydrogens is 202 g/mol. The van der Waals surface area contributed by atoms with Crippen molar-refractivity contribution in [3.63, 3.8) is 0 Å². The van der Waals surface area contributed by atoms with Gasteiger partial charge in [0.2, 0.25) is 0 Å². The van der Waals surface area contributed by atoms with Gasteiger partial charge in [-0.25, -0.2) is 0 Å². The summed E-state index contributed by atoms with van der Waals surface area (Å²) in [5, 5.41) is 7.83. The van der Waals surface area contributed by atoms with Crippen LogP contribution in [-0.4, -0.2) is 29.0 Å². The van der Waals surface area contributed by atoms with Crippen LogP contribution in [0.4, 0.5) is 5.69 Å². The number of hydrogen-bond donors (Lipinski definition) is 1. The van der Waals surface area contributed by atoms with Crippen molar-refractivity contribution in [2.75, 3.05) is 18.5 Å². The third-order valence-corrected chi connectivity index (χ3v) is 2.80. The van der Waals surface area contributed by atoms with E-state index in [1.807, 2.05) is 10.9 Å². The minimum absolute atomic E-state index is 0.0446. The van der Waals surface area contributed by atoms with Crippen molar-refractivity contribution in [2.45, 2.75) is 45.2 Å². The maximum absolute atomic E-state index is 5.44. The molecule has 90 valence electrons. The van der Waals surface area contributed by atoms with Gasteiger partial charge in [-0.15, -0.1) is 0 Å². The third-order valence-electron chi connectivity index (χ3n) is 2.80. The Labute approximate surface area is 97.0 Å². The lowest BCUT2D eigenvalue weighted by Gasteiger charge is -2.23. The fourth-order valence-corrected chi connectivity index (χ4v) is 1.85. The molecular formula is C12H21N3O. The summed E-state index contributed by atoms with van der Waals surface area (Å²) in [5.41, 5.74) is 1.13. The highest BCUT2D eigenvalue weighted by molar-refractivity contribution is 5.39. The van der Waals surface area contributed by atoms with E-state index in [0.717, 1.165) is 25.3 Å². The first-order chi connectivity index (χ1) is 7.55. The molecule has 4 heteroatoms. The Hall–Kier alpha value is -1.03. The molecule has 0 saturated carbocycles. The molecule has 0 radical (unpaired) electrons. The van der Waals surface area contributed by atoms with Crippen LogP contribution in [-0.2, 0) is 10.3 Å². The summed E-state index contributed by atoms with van der Waals surface area (Å²) in [4.78, 5) is 0. The summed E-state index contributed by atoms with van der Waals surface area (Å²) in [5.74, 6) is 0. The van der Waals surface area contributed by atoms with Gasteiger partial charge < -0.3 is 10.1 Å². The zero-order valence-corrected chi connectivity index (χ0v) is 10.4.